The smallest absolute Gasteiger partial charge is 0.338 e. The summed E-state index contributed by atoms with van der Waals surface area (Å²) in [7, 11) is -0.439. The first-order chi connectivity index (χ1) is 12.1. The second-order valence-electron chi connectivity index (χ2n) is 5.78. The molecule has 1 aromatic rings. The highest BCUT2D eigenvalue weighted by molar-refractivity contribution is 7.91. The van der Waals surface area contributed by atoms with Gasteiger partial charge in [-0.1, -0.05) is 0 Å². The largest absolute Gasteiger partial charge is 0.490 e. The number of likely N-dealkylation sites (N-methyl/N-ethyl adjacent to an activating group) is 1. The van der Waals surface area contributed by atoms with Gasteiger partial charge in [-0.2, -0.15) is 0 Å². The Morgan fingerprint density at radius 2 is 2.08 bits per heavy atom. The molecule has 0 aliphatic carbocycles. The maximum Gasteiger partial charge on any atom is 0.338 e. The van der Waals surface area contributed by atoms with Gasteiger partial charge in [-0.25, -0.2) is 13.2 Å². The number of amides is 1. The summed E-state index contributed by atoms with van der Waals surface area (Å²) in [4.78, 5) is 35.6. The van der Waals surface area contributed by atoms with Gasteiger partial charge in [-0.15, -0.1) is 0 Å². The van der Waals surface area contributed by atoms with E-state index in [9.17, 15) is 28.1 Å². The molecule has 0 saturated carbocycles. The number of sulfone groups is 1. The molecular weight excluding hydrogens is 368 g/mol. The lowest BCUT2D eigenvalue weighted by atomic mass is 10.2. The van der Waals surface area contributed by atoms with Crippen LogP contribution in [-0.2, 0) is 19.4 Å². The van der Waals surface area contributed by atoms with Gasteiger partial charge >= 0.3 is 11.7 Å². The fraction of sp³-hybridized carbons (Fsp3) is 0.467. The van der Waals surface area contributed by atoms with Gasteiger partial charge in [0.2, 0.25) is 0 Å². The van der Waals surface area contributed by atoms with Crippen LogP contribution in [0, 0.1) is 10.1 Å². The van der Waals surface area contributed by atoms with E-state index in [2.05, 4.69) is 0 Å². The molecule has 1 heterocycles. The number of nitrogens with zero attached hydrogens (tertiary/aromatic N) is 2. The molecule has 1 fully saturated rings. The first-order valence-electron chi connectivity index (χ1n) is 7.60. The fourth-order valence-corrected chi connectivity index (χ4v) is 4.33. The van der Waals surface area contributed by atoms with Gasteiger partial charge in [0, 0.05) is 19.2 Å². The molecule has 2 rings (SSSR count). The van der Waals surface area contributed by atoms with Crippen molar-refractivity contribution >= 4 is 27.4 Å². The number of benzene rings is 1. The van der Waals surface area contributed by atoms with Gasteiger partial charge in [0.25, 0.3) is 5.91 Å². The number of hydrogen-bond donors (Lipinski definition) is 0. The third-order valence-electron chi connectivity index (χ3n) is 4.09. The Morgan fingerprint density at radius 1 is 1.38 bits per heavy atom. The number of carbonyl (C=O) groups excluding carboxylic acids is 2. The number of esters is 1. The molecule has 1 unspecified atom stereocenters. The minimum Gasteiger partial charge on any atom is -0.490 e. The normalized spacial score (nSPS) is 18.2. The molecule has 10 nitrogen and oxygen atoms in total. The van der Waals surface area contributed by atoms with Gasteiger partial charge in [-0.3, -0.25) is 14.9 Å². The third-order valence-corrected chi connectivity index (χ3v) is 5.84. The van der Waals surface area contributed by atoms with Crippen LogP contribution >= 0.6 is 0 Å². The lowest BCUT2D eigenvalue weighted by Gasteiger charge is -2.23. The Balaban J connectivity index is 1.99. The molecule has 1 saturated heterocycles. The Morgan fingerprint density at radius 3 is 2.62 bits per heavy atom. The van der Waals surface area contributed by atoms with E-state index in [1.807, 2.05) is 0 Å². The molecule has 142 valence electrons. The molecule has 11 heteroatoms. The highest BCUT2D eigenvalue weighted by Crippen LogP contribution is 2.27. The zero-order chi connectivity index (χ0) is 19.5. The predicted octanol–water partition coefficient (Wildman–Crippen LogP) is 0.406. The van der Waals surface area contributed by atoms with Gasteiger partial charge < -0.3 is 14.4 Å². The van der Waals surface area contributed by atoms with Crippen LogP contribution in [0.4, 0.5) is 5.69 Å². The van der Waals surface area contributed by atoms with Crippen LogP contribution in [0.3, 0.4) is 0 Å². The van der Waals surface area contributed by atoms with Crippen molar-refractivity contribution in [1.29, 1.82) is 0 Å². The maximum absolute atomic E-state index is 12.1. The summed E-state index contributed by atoms with van der Waals surface area (Å²) >= 11 is 0. The van der Waals surface area contributed by atoms with Crippen LogP contribution in [0.1, 0.15) is 16.8 Å². The van der Waals surface area contributed by atoms with Crippen molar-refractivity contribution in [2.24, 2.45) is 0 Å². The molecule has 26 heavy (non-hydrogen) atoms. The van der Waals surface area contributed by atoms with Crippen LogP contribution in [0.15, 0.2) is 18.2 Å². The molecule has 1 aliphatic rings. The Bertz CT molecular complexity index is 836. The van der Waals surface area contributed by atoms with Crippen LogP contribution < -0.4 is 4.74 Å². The molecular formula is C15H18N2O8S. The van der Waals surface area contributed by atoms with Crippen molar-refractivity contribution in [2.75, 3.05) is 32.3 Å². The van der Waals surface area contributed by atoms with Crippen molar-refractivity contribution in [2.45, 2.75) is 12.5 Å². The summed E-state index contributed by atoms with van der Waals surface area (Å²) in [6, 6.07) is 3.09. The molecule has 0 bridgehead atoms. The monoisotopic (exact) mass is 386 g/mol. The second kappa shape index (κ2) is 7.68. The fourth-order valence-electron chi connectivity index (χ4n) is 2.56. The van der Waals surface area contributed by atoms with E-state index in [0.717, 1.165) is 6.07 Å². The average molecular weight is 386 g/mol. The van der Waals surface area contributed by atoms with E-state index >= 15 is 0 Å². The minimum absolute atomic E-state index is 0.00944. The van der Waals surface area contributed by atoms with Gasteiger partial charge in [0.05, 0.1) is 29.1 Å². The zero-order valence-electron chi connectivity index (χ0n) is 14.2. The lowest BCUT2D eigenvalue weighted by molar-refractivity contribution is -0.385. The van der Waals surface area contributed by atoms with Crippen molar-refractivity contribution < 1.29 is 32.4 Å². The molecule has 0 radical (unpaired) electrons. The minimum atomic E-state index is -3.15. The molecule has 1 aliphatic heterocycles. The zero-order valence-corrected chi connectivity index (χ0v) is 15.0. The molecule has 1 aromatic carbocycles. The summed E-state index contributed by atoms with van der Waals surface area (Å²) in [6.45, 7) is -0.592. The summed E-state index contributed by atoms with van der Waals surface area (Å²) in [5.74, 6) is -1.57. The van der Waals surface area contributed by atoms with Crippen molar-refractivity contribution in [1.82, 2.24) is 4.90 Å². The summed E-state index contributed by atoms with van der Waals surface area (Å²) in [6.07, 6.45) is 0.337. The van der Waals surface area contributed by atoms with Crippen molar-refractivity contribution in [3.63, 3.8) is 0 Å². The number of hydrogen-bond acceptors (Lipinski definition) is 8. The number of nitro groups is 1. The predicted molar refractivity (Wildman–Crippen MR) is 89.8 cm³/mol. The number of rotatable bonds is 6. The highest BCUT2D eigenvalue weighted by Gasteiger charge is 2.33. The van der Waals surface area contributed by atoms with E-state index in [1.54, 1.807) is 0 Å². The average Bonchev–Trinajstić information content (AvgIpc) is 2.97. The van der Waals surface area contributed by atoms with E-state index in [0.29, 0.717) is 6.42 Å². The molecule has 1 atom stereocenters. The van der Waals surface area contributed by atoms with E-state index < -0.39 is 45.0 Å². The van der Waals surface area contributed by atoms with Crippen LogP contribution in [-0.4, -0.2) is 68.4 Å². The van der Waals surface area contributed by atoms with Crippen molar-refractivity contribution in [3.05, 3.63) is 33.9 Å². The third kappa shape index (κ3) is 4.48. The van der Waals surface area contributed by atoms with E-state index in [4.69, 9.17) is 9.47 Å². The van der Waals surface area contributed by atoms with E-state index in [1.165, 1.54) is 31.2 Å². The standard InChI is InChI=1S/C15H18N2O8S/c1-16(11-5-6-26(22,23)9-11)14(18)8-25-15(19)10-3-4-13(24-2)12(7-10)17(20)21/h3-4,7,11H,5-6,8-9H2,1-2H3. The quantitative estimate of drug-likeness (QED) is 0.390. The maximum atomic E-state index is 12.1. The molecule has 0 N–H and O–H groups in total. The SMILES string of the molecule is COc1ccc(C(=O)OCC(=O)N(C)C2CCS(=O)(=O)C2)cc1[N+](=O)[O-]. The first kappa shape index (κ1) is 19.6. The first-order valence-corrected chi connectivity index (χ1v) is 9.42. The molecule has 1 amide bonds. The highest BCUT2D eigenvalue weighted by atomic mass is 32.2. The Labute approximate surface area is 149 Å². The lowest BCUT2D eigenvalue weighted by Crippen LogP contribution is -2.40. The number of methoxy groups -OCH3 is 1. The van der Waals surface area contributed by atoms with Gasteiger partial charge in [0.1, 0.15) is 0 Å². The van der Waals surface area contributed by atoms with Gasteiger partial charge in [0.15, 0.2) is 22.2 Å². The van der Waals surface area contributed by atoms with Crippen LogP contribution in [0.25, 0.3) is 0 Å². The Kier molecular flexibility index (Phi) is 5.80. The topological polar surface area (TPSA) is 133 Å². The number of nitro benzene ring substituents is 1. The van der Waals surface area contributed by atoms with Crippen LogP contribution in [0.2, 0.25) is 0 Å². The number of ether oxygens (including phenoxy) is 2. The molecule has 0 aromatic heterocycles. The van der Waals surface area contributed by atoms with Gasteiger partial charge in [-0.05, 0) is 18.6 Å². The van der Waals surface area contributed by atoms with Crippen LogP contribution in [0.5, 0.6) is 5.75 Å². The Hall–Kier alpha value is -2.69. The summed E-state index contributed by atoms with van der Waals surface area (Å²) in [5.41, 5.74) is -0.502. The van der Waals surface area contributed by atoms with Crippen molar-refractivity contribution in [3.8, 4) is 5.75 Å². The molecule has 0 spiro atoms. The summed E-state index contributed by atoms with van der Waals surface area (Å²) < 4.78 is 32.7. The second-order valence-corrected chi connectivity index (χ2v) is 8.01. The summed E-state index contributed by atoms with van der Waals surface area (Å²) in [5, 5.41) is 11.0. The number of carbonyl (C=O) groups is 2. The van der Waals surface area contributed by atoms with E-state index in [-0.39, 0.29) is 22.8 Å².